The van der Waals surface area contributed by atoms with Crippen molar-refractivity contribution in [2.45, 2.75) is 12.8 Å². The molecule has 1 nitrogen and oxygen atoms in total. The van der Waals surface area contributed by atoms with Crippen molar-refractivity contribution in [1.29, 1.82) is 0 Å². The highest BCUT2D eigenvalue weighted by atomic mass is 79.9. The minimum Gasteiger partial charge on any atom is -0.294 e. The molecule has 0 aliphatic heterocycles. The summed E-state index contributed by atoms with van der Waals surface area (Å²) in [4.78, 5) is 11.6. The number of carbonyl (C=O) groups is 1. The van der Waals surface area contributed by atoms with Gasteiger partial charge in [0.2, 0.25) is 0 Å². The van der Waals surface area contributed by atoms with E-state index in [4.69, 9.17) is 11.6 Å². The quantitative estimate of drug-likeness (QED) is 0.740. The summed E-state index contributed by atoms with van der Waals surface area (Å²) in [6, 6.07) is 5.33. The predicted octanol–water partition coefficient (Wildman–Crippen LogP) is 3.70. The van der Waals surface area contributed by atoms with Gasteiger partial charge < -0.3 is 0 Å². The number of hydrogen-bond acceptors (Lipinski definition) is 1. The van der Waals surface area contributed by atoms with Crippen LogP contribution >= 0.6 is 27.5 Å². The standard InChI is InChI=1S/C10H8BrClO/c11-8-5-7(3-4-9(8)12)10(13)6-1-2-6/h3-6H,1-2H2. The lowest BCUT2D eigenvalue weighted by molar-refractivity contribution is 0.0967. The van der Waals surface area contributed by atoms with Crippen molar-refractivity contribution in [3.05, 3.63) is 33.3 Å². The first-order chi connectivity index (χ1) is 6.18. The van der Waals surface area contributed by atoms with Gasteiger partial charge >= 0.3 is 0 Å². The maximum absolute atomic E-state index is 11.6. The number of Topliss-reactive ketones (excluding diaryl/α,β-unsaturated/α-hetero) is 1. The van der Waals surface area contributed by atoms with E-state index in [1.807, 2.05) is 0 Å². The molecule has 0 radical (unpaired) electrons. The second kappa shape index (κ2) is 3.43. The van der Waals surface area contributed by atoms with Crippen LogP contribution in [-0.4, -0.2) is 5.78 Å². The van der Waals surface area contributed by atoms with Gasteiger partial charge in [0.05, 0.1) is 5.02 Å². The van der Waals surface area contributed by atoms with Crippen LogP contribution in [0.15, 0.2) is 22.7 Å². The van der Waals surface area contributed by atoms with Gasteiger partial charge in [-0.1, -0.05) is 11.6 Å². The van der Waals surface area contributed by atoms with E-state index < -0.39 is 0 Å². The van der Waals surface area contributed by atoms with E-state index in [1.54, 1.807) is 18.2 Å². The molecule has 0 saturated heterocycles. The largest absolute Gasteiger partial charge is 0.294 e. The van der Waals surface area contributed by atoms with Gasteiger partial charge in [-0.3, -0.25) is 4.79 Å². The SMILES string of the molecule is O=C(c1ccc(Cl)c(Br)c1)C1CC1. The Bertz CT molecular complexity index is 358. The summed E-state index contributed by atoms with van der Waals surface area (Å²) in [6.07, 6.45) is 2.08. The van der Waals surface area contributed by atoms with E-state index in [9.17, 15) is 4.79 Å². The van der Waals surface area contributed by atoms with Crippen molar-refractivity contribution in [3.63, 3.8) is 0 Å². The Balaban J connectivity index is 2.30. The number of halogens is 2. The van der Waals surface area contributed by atoms with Crippen LogP contribution in [0.5, 0.6) is 0 Å². The monoisotopic (exact) mass is 258 g/mol. The summed E-state index contributed by atoms with van der Waals surface area (Å²) in [5.74, 6) is 0.519. The predicted molar refractivity (Wildman–Crippen MR) is 56.2 cm³/mol. The average molecular weight is 260 g/mol. The first kappa shape index (κ1) is 9.22. The Morgan fingerprint density at radius 3 is 2.69 bits per heavy atom. The third-order valence-corrected chi connectivity index (χ3v) is 3.37. The molecule has 13 heavy (non-hydrogen) atoms. The zero-order valence-corrected chi connectivity index (χ0v) is 9.23. The molecule has 3 heteroatoms. The molecule has 2 rings (SSSR count). The molecule has 1 aliphatic carbocycles. The summed E-state index contributed by atoms with van der Waals surface area (Å²) in [7, 11) is 0. The van der Waals surface area contributed by atoms with Gasteiger partial charge in [-0.15, -0.1) is 0 Å². The van der Waals surface area contributed by atoms with Gasteiger partial charge in [0.15, 0.2) is 5.78 Å². The summed E-state index contributed by atoms with van der Waals surface area (Å²) >= 11 is 9.12. The maximum atomic E-state index is 11.6. The van der Waals surface area contributed by atoms with Crippen LogP contribution in [0.3, 0.4) is 0 Å². The van der Waals surface area contributed by atoms with E-state index in [-0.39, 0.29) is 11.7 Å². The smallest absolute Gasteiger partial charge is 0.165 e. The van der Waals surface area contributed by atoms with Crippen molar-refractivity contribution < 1.29 is 4.79 Å². The third-order valence-electron chi connectivity index (χ3n) is 2.15. The van der Waals surface area contributed by atoms with Crippen LogP contribution in [0.25, 0.3) is 0 Å². The van der Waals surface area contributed by atoms with Gasteiger partial charge in [0, 0.05) is 16.0 Å². The van der Waals surface area contributed by atoms with E-state index >= 15 is 0 Å². The highest BCUT2D eigenvalue weighted by molar-refractivity contribution is 9.10. The second-order valence-electron chi connectivity index (χ2n) is 3.27. The first-order valence-electron chi connectivity index (χ1n) is 4.18. The summed E-state index contributed by atoms with van der Waals surface area (Å²) < 4.78 is 0.792. The van der Waals surface area contributed by atoms with E-state index in [1.165, 1.54) is 0 Å². The Morgan fingerprint density at radius 1 is 1.46 bits per heavy atom. The van der Waals surface area contributed by atoms with Crippen molar-refractivity contribution in [3.8, 4) is 0 Å². The molecule has 0 aromatic heterocycles. The lowest BCUT2D eigenvalue weighted by Crippen LogP contribution is -2.00. The molecular weight excluding hydrogens is 251 g/mol. The Kier molecular flexibility index (Phi) is 2.43. The number of rotatable bonds is 2. The number of benzene rings is 1. The zero-order valence-electron chi connectivity index (χ0n) is 6.89. The fraction of sp³-hybridized carbons (Fsp3) is 0.300. The Morgan fingerprint density at radius 2 is 2.15 bits per heavy atom. The van der Waals surface area contributed by atoms with Crippen LogP contribution in [0.1, 0.15) is 23.2 Å². The van der Waals surface area contributed by atoms with Crippen LogP contribution in [-0.2, 0) is 0 Å². The highest BCUT2D eigenvalue weighted by Crippen LogP contribution is 2.34. The lowest BCUT2D eigenvalue weighted by Gasteiger charge is -2.00. The van der Waals surface area contributed by atoms with Gasteiger partial charge in [-0.05, 0) is 47.0 Å². The maximum Gasteiger partial charge on any atom is 0.165 e. The molecule has 1 aliphatic rings. The molecule has 1 fully saturated rings. The minimum atomic E-state index is 0.248. The second-order valence-corrected chi connectivity index (χ2v) is 4.53. The van der Waals surface area contributed by atoms with Crippen molar-refractivity contribution >= 4 is 33.3 Å². The van der Waals surface area contributed by atoms with Crippen molar-refractivity contribution in [2.75, 3.05) is 0 Å². The molecule has 1 saturated carbocycles. The molecule has 1 aromatic carbocycles. The topological polar surface area (TPSA) is 17.1 Å². The molecule has 0 heterocycles. The number of hydrogen-bond donors (Lipinski definition) is 0. The Labute approximate surface area is 90.2 Å². The third kappa shape index (κ3) is 1.94. The first-order valence-corrected chi connectivity index (χ1v) is 5.35. The van der Waals surface area contributed by atoms with Gasteiger partial charge in [-0.2, -0.15) is 0 Å². The van der Waals surface area contributed by atoms with E-state index in [0.717, 1.165) is 22.9 Å². The molecule has 0 bridgehead atoms. The van der Waals surface area contributed by atoms with Gasteiger partial charge in [0.1, 0.15) is 0 Å². The summed E-state index contributed by atoms with van der Waals surface area (Å²) in [5.41, 5.74) is 0.763. The molecule has 68 valence electrons. The highest BCUT2D eigenvalue weighted by Gasteiger charge is 2.30. The summed E-state index contributed by atoms with van der Waals surface area (Å²) in [5, 5.41) is 0.646. The Hall–Kier alpha value is -0.340. The van der Waals surface area contributed by atoms with E-state index in [0.29, 0.717) is 5.02 Å². The van der Waals surface area contributed by atoms with Gasteiger partial charge in [0.25, 0.3) is 0 Å². The van der Waals surface area contributed by atoms with Crippen molar-refractivity contribution in [1.82, 2.24) is 0 Å². The average Bonchev–Trinajstić information content (AvgIpc) is 2.91. The molecule has 0 N–H and O–H groups in total. The summed E-state index contributed by atoms with van der Waals surface area (Å²) in [6.45, 7) is 0. The van der Waals surface area contributed by atoms with Crippen LogP contribution in [0, 0.1) is 5.92 Å². The lowest BCUT2D eigenvalue weighted by atomic mass is 10.1. The van der Waals surface area contributed by atoms with Crippen molar-refractivity contribution in [2.24, 2.45) is 5.92 Å². The number of carbonyl (C=O) groups excluding carboxylic acids is 1. The molecule has 0 atom stereocenters. The molecule has 0 amide bonds. The van der Waals surface area contributed by atoms with Crippen LogP contribution in [0.2, 0.25) is 5.02 Å². The molecule has 1 aromatic rings. The van der Waals surface area contributed by atoms with E-state index in [2.05, 4.69) is 15.9 Å². The fourth-order valence-corrected chi connectivity index (χ4v) is 1.73. The molecule has 0 unspecified atom stereocenters. The fourth-order valence-electron chi connectivity index (χ4n) is 1.23. The zero-order chi connectivity index (χ0) is 9.42. The minimum absolute atomic E-state index is 0.248. The molecular formula is C10H8BrClO. The molecule has 0 spiro atoms. The van der Waals surface area contributed by atoms with Crippen LogP contribution < -0.4 is 0 Å². The van der Waals surface area contributed by atoms with Crippen LogP contribution in [0.4, 0.5) is 0 Å². The number of ketones is 1. The van der Waals surface area contributed by atoms with Gasteiger partial charge in [-0.25, -0.2) is 0 Å². The normalized spacial score (nSPS) is 15.8.